The molecule has 0 atom stereocenters. The quantitative estimate of drug-likeness (QED) is 0.452. The number of halogens is 3. The van der Waals surface area contributed by atoms with Crippen LogP contribution in [0.25, 0.3) is 0 Å². The van der Waals surface area contributed by atoms with E-state index in [0.717, 1.165) is 0 Å². The zero-order valence-electron chi connectivity index (χ0n) is 3.90. The van der Waals surface area contributed by atoms with Crippen LogP contribution in [0.4, 0.5) is 13.2 Å². The van der Waals surface area contributed by atoms with E-state index in [9.17, 15) is 13.2 Å². The Morgan fingerprint density at radius 3 is 2.00 bits per heavy atom. The first-order valence-electron chi connectivity index (χ1n) is 1.89. The van der Waals surface area contributed by atoms with E-state index in [2.05, 4.69) is 4.89 Å². The van der Waals surface area contributed by atoms with Gasteiger partial charge in [0.2, 0.25) is 0 Å². The molecule has 8 heavy (non-hydrogen) atoms. The van der Waals surface area contributed by atoms with Gasteiger partial charge in [0.05, 0.1) is 13.0 Å². The van der Waals surface area contributed by atoms with Crippen LogP contribution in [-0.4, -0.2) is 18.0 Å². The average Bonchev–Trinajstić information content (AvgIpc) is 1.59. The van der Waals surface area contributed by atoms with E-state index in [1.165, 1.54) is 0 Å². The molecule has 0 aromatic heterocycles. The summed E-state index contributed by atoms with van der Waals surface area (Å²) in [6.45, 7) is -0.691. The molecule has 0 aliphatic rings. The molecule has 0 heterocycles. The van der Waals surface area contributed by atoms with Crippen molar-refractivity contribution in [3.8, 4) is 0 Å². The maximum Gasteiger partial charge on any atom is 0.391 e. The van der Waals surface area contributed by atoms with Crippen molar-refractivity contribution in [2.45, 2.75) is 12.6 Å². The molecule has 0 fully saturated rings. The van der Waals surface area contributed by atoms with Gasteiger partial charge in [0.25, 0.3) is 0 Å². The second-order valence-electron chi connectivity index (χ2n) is 1.20. The van der Waals surface area contributed by atoms with Crippen molar-refractivity contribution in [1.82, 2.24) is 0 Å². The molecule has 0 aliphatic heterocycles. The number of hydrogen-bond donors (Lipinski definition) is 1. The third-order valence-corrected chi connectivity index (χ3v) is 0.477. The van der Waals surface area contributed by atoms with Crippen LogP contribution in [-0.2, 0) is 4.89 Å². The van der Waals surface area contributed by atoms with E-state index in [-0.39, 0.29) is 0 Å². The number of alkyl halides is 3. The van der Waals surface area contributed by atoms with Crippen LogP contribution in [0.3, 0.4) is 0 Å². The van der Waals surface area contributed by atoms with Crippen LogP contribution in [0, 0.1) is 0 Å². The first kappa shape index (κ1) is 7.71. The summed E-state index contributed by atoms with van der Waals surface area (Å²) < 4.78 is 33.2. The molecule has 1 N–H and O–H groups in total. The molecule has 0 aromatic rings. The highest BCUT2D eigenvalue weighted by molar-refractivity contribution is 4.45. The molecular formula is C3H5F3O2. The maximum absolute atomic E-state index is 11.1. The van der Waals surface area contributed by atoms with Crippen molar-refractivity contribution in [3.63, 3.8) is 0 Å². The van der Waals surface area contributed by atoms with Crippen LogP contribution in [0.2, 0.25) is 0 Å². The van der Waals surface area contributed by atoms with Gasteiger partial charge in [-0.05, 0) is 0 Å². The fourth-order valence-electron chi connectivity index (χ4n) is 0.161. The number of hydrogen-bond acceptors (Lipinski definition) is 2. The molecule has 2 nitrogen and oxygen atoms in total. The van der Waals surface area contributed by atoms with E-state index in [4.69, 9.17) is 5.26 Å². The van der Waals surface area contributed by atoms with E-state index >= 15 is 0 Å². The Bertz CT molecular complexity index is 60.0. The van der Waals surface area contributed by atoms with Crippen LogP contribution in [0.15, 0.2) is 0 Å². The minimum atomic E-state index is -4.23. The SMILES string of the molecule is OOCCC(F)(F)F. The molecule has 0 unspecified atom stereocenters. The molecule has 0 saturated heterocycles. The van der Waals surface area contributed by atoms with Crippen LogP contribution >= 0.6 is 0 Å². The van der Waals surface area contributed by atoms with E-state index in [0.29, 0.717) is 0 Å². The largest absolute Gasteiger partial charge is 0.391 e. The van der Waals surface area contributed by atoms with Gasteiger partial charge in [-0.3, -0.25) is 5.26 Å². The van der Waals surface area contributed by atoms with Gasteiger partial charge in [0, 0.05) is 0 Å². The second-order valence-corrected chi connectivity index (χ2v) is 1.20. The Hall–Kier alpha value is -0.290. The standard InChI is InChI=1S/C3H5F3O2/c4-3(5,6)1-2-8-7/h7H,1-2H2. The fraction of sp³-hybridized carbons (Fsp3) is 1.00. The molecule has 0 aliphatic carbocycles. The van der Waals surface area contributed by atoms with Gasteiger partial charge in [0.15, 0.2) is 0 Å². The van der Waals surface area contributed by atoms with Gasteiger partial charge < -0.3 is 0 Å². The molecule has 50 valence electrons. The molecule has 0 saturated carbocycles. The first-order chi connectivity index (χ1) is 3.56. The zero-order valence-corrected chi connectivity index (χ0v) is 3.90. The Morgan fingerprint density at radius 2 is 1.88 bits per heavy atom. The van der Waals surface area contributed by atoms with E-state index in [1.54, 1.807) is 0 Å². The lowest BCUT2D eigenvalue weighted by atomic mass is 10.5. The van der Waals surface area contributed by atoms with Crippen molar-refractivity contribution < 1.29 is 23.3 Å². The highest BCUT2D eigenvalue weighted by Gasteiger charge is 2.26. The molecular weight excluding hydrogens is 125 g/mol. The van der Waals surface area contributed by atoms with Crippen LogP contribution in [0.5, 0.6) is 0 Å². The summed E-state index contributed by atoms with van der Waals surface area (Å²) in [5.74, 6) is 0. The lowest BCUT2D eigenvalue weighted by molar-refractivity contribution is -0.261. The molecule has 0 spiro atoms. The van der Waals surface area contributed by atoms with Crippen molar-refractivity contribution in [2.24, 2.45) is 0 Å². The van der Waals surface area contributed by atoms with Crippen molar-refractivity contribution in [1.29, 1.82) is 0 Å². The van der Waals surface area contributed by atoms with Gasteiger partial charge in [-0.2, -0.15) is 13.2 Å². The minimum Gasteiger partial charge on any atom is -0.252 e. The van der Waals surface area contributed by atoms with Gasteiger partial charge in [-0.15, -0.1) is 0 Å². The molecule has 0 radical (unpaired) electrons. The lowest BCUT2D eigenvalue weighted by Gasteiger charge is -2.01. The summed E-state index contributed by atoms with van der Waals surface area (Å²) in [4.78, 5) is 3.20. The molecule has 0 aromatic carbocycles. The van der Waals surface area contributed by atoms with E-state index in [1.807, 2.05) is 0 Å². The highest BCUT2D eigenvalue weighted by Crippen LogP contribution is 2.18. The second kappa shape index (κ2) is 2.88. The average molecular weight is 130 g/mol. The van der Waals surface area contributed by atoms with Crippen molar-refractivity contribution in [3.05, 3.63) is 0 Å². The summed E-state index contributed by atoms with van der Waals surface area (Å²) in [5, 5.41) is 7.43. The Morgan fingerprint density at radius 1 is 1.38 bits per heavy atom. The Kier molecular flexibility index (Phi) is 2.78. The Balaban J connectivity index is 3.11. The smallest absolute Gasteiger partial charge is 0.252 e. The van der Waals surface area contributed by atoms with Crippen molar-refractivity contribution in [2.75, 3.05) is 6.61 Å². The molecule has 0 bridgehead atoms. The van der Waals surface area contributed by atoms with E-state index < -0.39 is 19.2 Å². The highest BCUT2D eigenvalue weighted by atomic mass is 19.4. The maximum atomic E-state index is 11.1. The summed E-state index contributed by atoms with van der Waals surface area (Å²) in [7, 11) is 0. The number of rotatable bonds is 2. The summed E-state index contributed by atoms with van der Waals surface area (Å²) >= 11 is 0. The summed E-state index contributed by atoms with van der Waals surface area (Å²) in [6, 6.07) is 0. The minimum absolute atomic E-state index is 0.691. The van der Waals surface area contributed by atoms with Crippen LogP contribution < -0.4 is 0 Å². The zero-order chi connectivity index (χ0) is 6.62. The van der Waals surface area contributed by atoms with Gasteiger partial charge in [0.1, 0.15) is 0 Å². The van der Waals surface area contributed by atoms with Gasteiger partial charge in [-0.1, -0.05) is 0 Å². The fourth-order valence-corrected chi connectivity index (χ4v) is 0.161. The monoisotopic (exact) mass is 130 g/mol. The van der Waals surface area contributed by atoms with Crippen molar-refractivity contribution >= 4 is 0 Å². The predicted molar refractivity (Wildman–Crippen MR) is 19.3 cm³/mol. The topological polar surface area (TPSA) is 29.5 Å². The third-order valence-electron chi connectivity index (χ3n) is 0.477. The molecule has 0 rings (SSSR count). The van der Waals surface area contributed by atoms with Gasteiger partial charge >= 0.3 is 6.18 Å². The third kappa shape index (κ3) is 5.71. The van der Waals surface area contributed by atoms with Gasteiger partial charge in [-0.25, -0.2) is 4.89 Å². The molecule has 5 heteroatoms. The normalized spacial score (nSPS) is 12.0. The lowest BCUT2D eigenvalue weighted by Crippen LogP contribution is -2.10. The Labute approximate surface area is 43.8 Å². The first-order valence-corrected chi connectivity index (χ1v) is 1.89. The summed E-state index contributed by atoms with van der Waals surface area (Å²) in [5.41, 5.74) is 0. The predicted octanol–water partition coefficient (Wildman–Crippen LogP) is 1.43. The summed E-state index contributed by atoms with van der Waals surface area (Å²) in [6.07, 6.45) is -5.34. The molecule has 0 amide bonds. The van der Waals surface area contributed by atoms with Crippen LogP contribution in [0.1, 0.15) is 6.42 Å².